The standard InChI is InChI=1S/C22H10N6O4/c1-25-20(26-2)15-8-7-14(32-15)19-17-16(21(29)28(19)4)18(27(3)22(17)30)13-6-5-12(31-13)11(9-23)10-24/h5-8H,3-4H3/b18-13+,19-14+. The molecule has 0 atom stereocenters. The lowest BCUT2D eigenvalue weighted by Gasteiger charge is -2.19. The summed E-state index contributed by atoms with van der Waals surface area (Å²) in [6, 6.07) is 9.26. The predicted octanol–water partition coefficient (Wildman–Crippen LogP) is -0.868. The quantitative estimate of drug-likeness (QED) is 0.509. The zero-order valence-electron chi connectivity index (χ0n) is 16.6. The molecule has 0 saturated carbocycles. The third-order valence-electron chi connectivity index (χ3n) is 5.01. The van der Waals surface area contributed by atoms with Crippen LogP contribution in [0.4, 0.5) is 0 Å². The van der Waals surface area contributed by atoms with Gasteiger partial charge in [0.15, 0.2) is 21.8 Å². The van der Waals surface area contributed by atoms with Crippen LogP contribution in [0.25, 0.3) is 32.5 Å². The number of nitriles is 2. The van der Waals surface area contributed by atoms with E-state index in [1.54, 1.807) is 12.1 Å². The van der Waals surface area contributed by atoms with Crippen LogP contribution in [0.5, 0.6) is 0 Å². The lowest BCUT2D eigenvalue weighted by atomic mass is 10.1. The van der Waals surface area contributed by atoms with Crippen molar-refractivity contribution in [3.05, 3.63) is 79.9 Å². The molecule has 0 unspecified atom stereocenters. The van der Waals surface area contributed by atoms with E-state index in [1.165, 1.54) is 48.2 Å². The predicted molar refractivity (Wildman–Crippen MR) is 107 cm³/mol. The first-order valence-electron chi connectivity index (χ1n) is 8.93. The van der Waals surface area contributed by atoms with Crippen LogP contribution in [-0.4, -0.2) is 35.7 Å². The zero-order chi connectivity index (χ0) is 23.2. The van der Waals surface area contributed by atoms with Crippen molar-refractivity contribution < 1.29 is 18.4 Å². The van der Waals surface area contributed by atoms with Crippen LogP contribution in [-0.2, 0) is 9.59 Å². The van der Waals surface area contributed by atoms with Crippen LogP contribution in [0.1, 0.15) is 0 Å². The molecule has 2 amide bonds. The first-order valence-corrected chi connectivity index (χ1v) is 8.93. The topological polar surface area (TPSA) is 123 Å². The Bertz CT molecular complexity index is 1530. The molecule has 0 spiro atoms. The average molecular weight is 422 g/mol. The van der Waals surface area contributed by atoms with E-state index < -0.39 is 11.8 Å². The van der Waals surface area contributed by atoms with Gasteiger partial charge < -0.3 is 18.6 Å². The van der Waals surface area contributed by atoms with E-state index >= 15 is 0 Å². The lowest BCUT2D eigenvalue weighted by molar-refractivity contribution is -0.122. The van der Waals surface area contributed by atoms with Crippen LogP contribution in [0.2, 0.25) is 0 Å². The third kappa shape index (κ3) is 2.62. The van der Waals surface area contributed by atoms with Crippen molar-refractivity contribution in [1.29, 1.82) is 10.5 Å². The number of carbonyl (C=O) groups is 2. The van der Waals surface area contributed by atoms with Crippen LogP contribution >= 0.6 is 0 Å². The van der Waals surface area contributed by atoms with E-state index in [-0.39, 0.29) is 55.6 Å². The van der Waals surface area contributed by atoms with Gasteiger partial charge in [-0.25, -0.2) is 0 Å². The molecule has 152 valence electrons. The molecule has 2 aromatic heterocycles. The Morgan fingerprint density at radius 3 is 1.72 bits per heavy atom. The molecule has 0 radical (unpaired) electrons. The Balaban J connectivity index is 2.08. The normalized spacial score (nSPS) is 18.2. The maximum absolute atomic E-state index is 13.1. The van der Waals surface area contributed by atoms with Gasteiger partial charge in [0.2, 0.25) is 5.42 Å². The first kappa shape index (κ1) is 20.0. The number of furan rings is 2. The minimum Gasteiger partial charge on any atom is -0.458 e. The van der Waals surface area contributed by atoms with E-state index in [1.807, 2.05) is 0 Å². The molecule has 4 heterocycles. The van der Waals surface area contributed by atoms with Crippen LogP contribution < -0.4 is 21.7 Å². The smallest absolute Gasteiger partial charge is 0.458 e. The fourth-order valence-electron chi connectivity index (χ4n) is 3.56. The summed E-state index contributed by atoms with van der Waals surface area (Å²) in [6.07, 6.45) is 0. The number of likely N-dealkylation sites (N-methyl/N-ethyl adjacent to an activating group) is 2. The fourth-order valence-corrected chi connectivity index (χ4v) is 3.56. The minimum absolute atomic E-state index is 0.0208. The maximum atomic E-state index is 13.1. The Hall–Kier alpha value is -5.32. The Kier molecular flexibility index (Phi) is 4.48. The van der Waals surface area contributed by atoms with Gasteiger partial charge in [-0.2, -0.15) is 20.2 Å². The van der Waals surface area contributed by atoms with Crippen molar-refractivity contribution in [2.24, 2.45) is 0 Å². The lowest BCUT2D eigenvalue weighted by Crippen LogP contribution is -2.33. The highest BCUT2D eigenvalue weighted by molar-refractivity contribution is 6.30. The number of rotatable bonds is 0. The summed E-state index contributed by atoms with van der Waals surface area (Å²) >= 11 is 0. The van der Waals surface area contributed by atoms with Crippen LogP contribution in [0, 0.1) is 35.8 Å². The third-order valence-corrected chi connectivity index (χ3v) is 5.01. The largest absolute Gasteiger partial charge is 0.562 e. The summed E-state index contributed by atoms with van der Waals surface area (Å²) in [5, 5.41) is 18.1. The van der Waals surface area contributed by atoms with Gasteiger partial charge in [0.25, 0.3) is 11.8 Å². The highest BCUT2D eigenvalue weighted by Gasteiger charge is 2.47. The van der Waals surface area contributed by atoms with Crippen molar-refractivity contribution in [1.82, 2.24) is 9.80 Å². The van der Waals surface area contributed by atoms with E-state index in [4.69, 9.17) is 32.5 Å². The molecule has 2 aliphatic heterocycles. The first-order chi connectivity index (χ1) is 15.4. The summed E-state index contributed by atoms with van der Waals surface area (Å²) < 4.78 is 11.2. The van der Waals surface area contributed by atoms with Gasteiger partial charge in [-0.1, -0.05) is 0 Å². The van der Waals surface area contributed by atoms with Gasteiger partial charge in [0.05, 0.1) is 11.1 Å². The van der Waals surface area contributed by atoms with Gasteiger partial charge in [0.1, 0.15) is 36.7 Å². The van der Waals surface area contributed by atoms with Crippen LogP contribution in [0.15, 0.2) is 44.2 Å². The second-order valence-electron chi connectivity index (χ2n) is 6.65. The average Bonchev–Trinajstić information content (AvgIpc) is 3.55. The van der Waals surface area contributed by atoms with E-state index in [2.05, 4.69) is 9.69 Å². The van der Waals surface area contributed by atoms with Crippen molar-refractivity contribution in [2.45, 2.75) is 0 Å². The van der Waals surface area contributed by atoms with Crippen molar-refractivity contribution in [2.75, 3.05) is 14.1 Å². The molecular weight excluding hydrogens is 412 g/mol. The molecule has 0 aliphatic carbocycles. The maximum Gasteiger partial charge on any atom is 0.562 e. The molecular formula is C22H10N6O4. The molecule has 10 heteroatoms. The molecule has 2 aliphatic rings. The van der Waals surface area contributed by atoms with Gasteiger partial charge in [0, 0.05) is 14.1 Å². The molecule has 10 nitrogen and oxygen atoms in total. The van der Waals surface area contributed by atoms with Crippen molar-refractivity contribution in [3.63, 3.8) is 0 Å². The fraction of sp³-hybridized carbons (Fsp3) is 0.0909. The molecule has 4 rings (SSSR count). The molecule has 0 N–H and O–H groups in total. The Labute approximate surface area is 180 Å². The van der Waals surface area contributed by atoms with E-state index in [9.17, 15) is 9.59 Å². The molecule has 0 saturated heterocycles. The van der Waals surface area contributed by atoms with Gasteiger partial charge in [-0.05, 0) is 24.3 Å². The molecule has 2 aromatic rings. The Morgan fingerprint density at radius 2 is 1.28 bits per heavy atom. The molecule has 0 fully saturated rings. The SMILES string of the molecule is [C-]#[N+]C([N+]#[C-])=c1cc/c(=C2C3=C(C(=O)N/2C)/C(=c2/ccc(=C(C#N)C#N)o2)N(C)C3=O)o1. The van der Waals surface area contributed by atoms with Crippen LogP contribution in [0.3, 0.4) is 0 Å². The van der Waals surface area contributed by atoms with E-state index in [0.717, 1.165) is 0 Å². The van der Waals surface area contributed by atoms with Gasteiger partial charge in [-0.15, -0.1) is 0 Å². The Morgan fingerprint density at radius 1 is 0.844 bits per heavy atom. The summed E-state index contributed by atoms with van der Waals surface area (Å²) in [4.78, 5) is 34.9. The molecule has 0 aromatic carbocycles. The van der Waals surface area contributed by atoms with Gasteiger partial charge in [-0.3, -0.25) is 9.59 Å². The monoisotopic (exact) mass is 422 g/mol. The highest BCUT2D eigenvalue weighted by atomic mass is 16.3. The number of carbonyl (C=O) groups excluding carboxylic acids is 2. The number of nitrogens with zero attached hydrogens (tertiary/aromatic N) is 6. The summed E-state index contributed by atoms with van der Waals surface area (Å²) in [5.74, 6) is -1.24. The second kappa shape index (κ2) is 7.18. The molecule has 0 bridgehead atoms. The number of hydrogen-bond acceptors (Lipinski definition) is 6. The molecule has 32 heavy (non-hydrogen) atoms. The minimum atomic E-state index is -0.483. The highest BCUT2D eigenvalue weighted by Crippen LogP contribution is 2.40. The zero-order valence-corrected chi connectivity index (χ0v) is 16.6. The van der Waals surface area contributed by atoms with Gasteiger partial charge >= 0.3 is 5.82 Å². The summed E-state index contributed by atoms with van der Waals surface area (Å²) in [7, 11) is 2.95. The summed E-state index contributed by atoms with van der Waals surface area (Å²) in [5.41, 5.74) is 0.673. The number of amides is 2. The number of hydrogen-bond donors (Lipinski definition) is 0. The van der Waals surface area contributed by atoms with Crippen molar-refractivity contribution >= 4 is 34.6 Å². The van der Waals surface area contributed by atoms with Crippen molar-refractivity contribution in [3.8, 4) is 12.1 Å². The second-order valence-corrected chi connectivity index (χ2v) is 6.65. The summed E-state index contributed by atoms with van der Waals surface area (Å²) in [6.45, 7) is 14.1. The van der Waals surface area contributed by atoms with E-state index in [0.29, 0.717) is 0 Å².